The number of nitro groups is 1. The van der Waals surface area contributed by atoms with Crippen molar-refractivity contribution in [2.45, 2.75) is 23.1 Å². The Morgan fingerprint density at radius 1 is 1.05 bits per heavy atom. The first-order valence-corrected chi connectivity index (χ1v) is 14.8. The van der Waals surface area contributed by atoms with Crippen molar-refractivity contribution in [3.05, 3.63) is 129 Å². The fraction of sp³-hybridized carbons (Fsp3) is 0.0968. The minimum atomic E-state index is -1.27. The van der Waals surface area contributed by atoms with E-state index >= 15 is 0 Å². The number of thioether (sulfide) groups is 1. The number of aliphatic hydroxyl groups is 1. The largest absolute Gasteiger partial charge is 0.507 e. The maximum Gasteiger partial charge on any atom is 0.301 e. The lowest BCUT2D eigenvalue weighted by molar-refractivity contribution is -0.384. The number of halogens is 1. The van der Waals surface area contributed by atoms with Crippen molar-refractivity contribution in [3.8, 4) is 0 Å². The number of carbonyl (C=O) groups is 2. The third kappa shape index (κ3) is 5.26. The highest BCUT2D eigenvalue weighted by molar-refractivity contribution is 8.00. The molecule has 214 valence electrons. The van der Waals surface area contributed by atoms with Crippen LogP contribution in [0, 0.1) is 22.9 Å². The quantitative estimate of drug-likeness (QED) is 0.0397. The molecule has 0 bridgehead atoms. The van der Waals surface area contributed by atoms with Crippen LogP contribution < -0.4 is 4.90 Å². The molecule has 1 saturated heterocycles. The van der Waals surface area contributed by atoms with Crippen LogP contribution in [0.1, 0.15) is 28.3 Å². The minimum absolute atomic E-state index is 0.0138. The van der Waals surface area contributed by atoms with Gasteiger partial charge in [0.05, 0.1) is 16.5 Å². The fourth-order valence-corrected chi connectivity index (χ4v) is 6.84. The van der Waals surface area contributed by atoms with Crippen LogP contribution in [0.25, 0.3) is 16.5 Å². The normalized spacial score (nSPS) is 16.2. The van der Waals surface area contributed by atoms with E-state index in [0.717, 1.165) is 38.6 Å². The number of non-ortho nitro benzene ring substituents is 1. The van der Waals surface area contributed by atoms with Crippen LogP contribution in [0.5, 0.6) is 0 Å². The van der Waals surface area contributed by atoms with Crippen LogP contribution in [0.2, 0.25) is 0 Å². The van der Waals surface area contributed by atoms with Gasteiger partial charge in [-0.05, 0) is 40.5 Å². The zero-order chi connectivity index (χ0) is 30.2. The average molecular weight is 613 g/mol. The van der Waals surface area contributed by atoms with E-state index < -0.39 is 34.2 Å². The third-order valence-electron chi connectivity index (χ3n) is 7.12. The first kappa shape index (κ1) is 28.2. The van der Waals surface area contributed by atoms with E-state index in [1.54, 1.807) is 6.92 Å². The van der Waals surface area contributed by atoms with Gasteiger partial charge < -0.3 is 5.11 Å². The van der Waals surface area contributed by atoms with Crippen LogP contribution in [-0.4, -0.2) is 31.9 Å². The SMILES string of the molecule is Cc1ccc(/C(O)=C2\C(=O)C(=O)N(c3nnc(SCc4cccc5ccccc45)s3)C2c2cccc([N+](=O)[O-])c2)cc1F. The van der Waals surface area contributed by atoms with Gasteiger partial charge in [-0.3, -0.25) is 24.6 Å². The molecule has 1 fully saturated rings. The van der Waals surface area contributed by atoms with Gasteiger partial charge in [-0.2, -0.15) is 0 Å². The summed E-state index contributed by atoms with van der Waals surface area (Å²) in [7, 11) is 0. The molecule has 1 aliphatic heterocycles. The van der Waals surface area contributed by atoms with E-state index in [1.807, 2.05) is 42.5 Å². The Morgan fingerprint density at radius 2 is 1.81 bits per heavy atom. The molecule has 1 N–H and O–H groups in total. The number of nitrogens with zero attached hydrogens (tertiary/aromatic N) is 4. The Labute approximate surface area is 252 Å². The summed E-state index contributed by atoms with van der Waals surface area (Å²) in [5, 5.41) is 33.5. The molecule has 6 rings (SSSR count). The van der Waals surface area contributed by atoms with Crippen molar-refractivity contribution in [3.63, 3.8) is 0 Å². The maximum absolute atomic E-state index is 14.4. The fourth-order valence-electron chi connectivity index (χ4n) is 4.97. The first-order chi connectivity index (χ1) is 20.7. The second-order valence-corrected chi connectivity index (χ2v) is 11.9. The number of aliphatic hydroxyl groups excluding tert-OH is 1. The molecule has 12 heteroatoms. The molecule has 1 unspecified atom stereocenters. The smallest absolute Gasteiger partial charge is 0.301 e. The molecule has 1 aliphatic rings. The Kier molecular flexibility index (Phi) is 7.46. The number of rotatable bonds is 7. The van der Waals surface area contributed by atoms with Gasteiger partial charge in [-0.15, -0.1) is 10.2 Å². The highest BCUT2D eigenvalue weighted by Crippen LogP contribution is 2.44. The molecular weight excluding hydrogens is 591 g/mol. The van der Waals surface area contributed by atoms with Crippen molar-refractivity contribution in [1.29, 1.82) is 0 Å². The van der Waals surface area contributed by atoms with Crippen molar-refractivity contribution in [2.75, 3.05) is 4.90 Å². The number of fused-ring (bicyclic) bond motifs is 1. The Bertz CT molecular complexity index is 1970. The lowest BCUT2D eigenvalue weighted by Gasteiger charge is -2.22. The minimum Gasteiger partial charge on any atom is -0.507 e. The number of Topliss-reactive ketones (excluding diaryl/α,β-unsaturated/α-hetero) is 1. The molecule has 0 spiro atoms. The molecule has 1 aromatic heterocycles. The van der Waals surface area contributed by atoms with E-state index in [-0.39, 0.29) is 27.5 Å². The number of hydrogen-bond acceptors (Lipinski definition) is 9. The zero-order valence-corrected chi connectivity index (χ0v) is 24.1. The summed E-state index contributed by atoms with van der Waals surface area (Å²) in [6.07, 6.45) is 0. The predicted octanol–water partition coefficient (Wildman–Crippen LogP) is 6.97. The van der Waals surface area contributed by atoms with Gasteiger partial charge in [-0.1, -0.05) is 89.8 Å². The summed E-state index contributed by atoms with van der Waals surface area (Å²) in [5.41, 5.74) is 0.988. The van der Waals surface area contributed by atoms with Crippen LogP contribution in [-0.2, 0) is 15.3 Å². The molecule has 1 atom stereocenters. The van der Waals surface area contributed by atoms with Crippen LogP contribution in [0.15, 0.2) is 94.8 Å². The number of amides is 1. The third-order valence-corrected chi connectivity index (χ3v) is 9.22. The Balaban J connectivity index is 1.40. The number of anilines is 1. The topological polar surface area (TPSA) is 127 Å². The lowest BCUT2D eigenvalue weighted by Crippen LogP contribution is -2.29. The molecule has 9 nitrogen and oxygen atoms in total. The molecule has 1 amide bonds. The second-order valence-electron chi connectivity index (χ2n) is 9.76. The molecule has 0 saturated carbocycles. The summed E-state index contributed by atoms with van der Waals surface area (Å²) in [4.78, 5) is 38.9. The summed E-state index contributed by atoms with van der Waals surface area (Å²) in [5.74, 6) is -2.67. The number of aromatic nitrogens is 2. The number of nitro benzene ring substituents is 1. The van der Waals surface area contributed by atoms with E-state index in [0.29, 0.717) is 15.7 Å². The van der Waals surface area contributed by atoms with Gasteiger partial charge in [0.25, 0.3) is 11.5 Å². The average Bonchev–Trinajstić information content (AvgIpc) is 3.58. The van der Waals surface area contributed by atoms with Crippen molar-refractivity contribution in [2.24, 2.45) is 0 Å². The second kappa shape index (κ2) is 11.4. The number of hydrogen-bond donors (Lipinski definition) is 1. The highest BCUT2D eigenvalue weighted by atomic mass is 32.2. The maximum atomic E-state index is 14.4. The Morgan fingerprint density at radius 3 is 2.60 bits per heavy atom. The monoisotopic (exact) mass is 612 g/mol. The van der Waals surface area contributed by atoms with Gasteiger partial charge in [0.2, 0.25) is 5.13 Å². The summed E-state index contributed by atoms with van der Waals surface area (Å²) in [6.45, 7) is 1.55. The predicted molar refractivity (Wildman–Crippen MR) is 162 cm³/mol. The first-order valence-electron chi connectivity index (χ1n) is 13.0. The van der Waals surface area contributed by atoms with Gasteiger partial charge in [-0.25, -0.2) is 4.39 Å². The molecular formula is C31H21FN4O5S2. The van der Waals surface area contributed by atoms with Crippen molar-refractivity contribution >= 4 is 62.1 Å². The Hall–Kier alpha value is -4.94. The van der Waals surface area contributed by atoms with E-state index in [2.05, 4.69) is 10.2 Å². The van der Waals surface area contributed by atoms with Crippen LogP contribution >= 0.6 is 23.1 Å². The number of aryl methyl sites for hydroxylation is 1. The molecule has 43 heavy (non-hydrogen) atoms. The van der Waals surface area contributed by atoms with Crippen LogP contribution in [0.4, 0.5) is 15.2 Å². The lowest BCUT2D eigenvalue weighted by atomic mass is 9.95. The van der Waals surface area contributed by atoms with Gasteiger partial charge in [0, 0.05) is 23.4 Å². The zero-order valence-electron chi connectivity index (χ0n) is 22.4. The number of benzene rings is 4. The van der Waals surface area contributed by atoms with E-state index in [4.69, 9.17) is 0 Å². The van der Waals surface area contributed by atoms with Gasteiger partial charge in [0.1, 0.15) is 11.6 Å². The molecule has 2 heterocycles. The molecule has 0 radical (unpaired) electrons. The number of carbonyl (C=O) groups excluding carboxylic acids is 2. The van der Waals surface area contributed by atoms with Crippen molar-refractivity contribution in [1.82, 2.24) is 10.2 Å². The van der Waals surface area contributed by atoms with Crippen LogP contribution in [0.3, 0.4) is 0 Å². The molecule has 0 aliphatic carbocycles. The van der Waals surface area contributed by atoms with Gasteiger partial charge >= 0.3 is 5.91 Å². The summed E-state index contributed by atoms with van der Waals surface area (Å²) in [6, 6.07) is 22.1. The standard InChI is InChI=1S/C31H21FN4O5S2/c1-17-12-13-20(15-24(17)32)27(37)25-26(19-8-5-10-22(14-19)36(40)41)35(29(39)28(25)38)30-33-34-31(43-30)42-16-21-9-4-7-18-6-2-3-11-23(18)21/h2-15,26,37H,16H2,1H3/b27-25+. The highest BCUT2D eigenvalue weighted by Gasteiger charge is 2.48. The van der Waals surface area contributed by atoms with E-state index in [9.17, 15) is 29.2 Å². The van der Waals surface area contributed by atoms with E-state index in [1.165, 1.54) is 48.2 Å². The summed E-state index contributed by atoms with van der Waals surface area (Å²) < 4.78 is 14.9. The molecule has 4 aromatic carbocycles. The van der Waals surface area contributed by atoms with Gasteiger partial charge in [0.15, 0.2) is 4.34 Å². The number of ketones is 1. The molecule has 5 aromatic rings. The van der Waals surface area contributed by atoms with Crippen molar-refractivity contribution < 1.29 is 24.0 Å². The summed E-state index contributed by atoms with van der Waals surface area (Å²) >= 11 is 2.49.